The van der Waals surface area contributed by atoms with E-state index >= 15 is 0 Å². The number of aromatic nitrogens is 1. The van der Waals surface area contributed by atoms with Crippen LogP contribution in [0.1, 0.15) is 31.6 Å². The van der Waals surface area contributed by atoms with E-state index < -0.39 is 5.72 Å². The Bertz CT molecular complexity index is 1090. The molecule has 0 saturated heterocycles. The van der Waals surface area contributed by atoms with Crippen LogP contribution in [-0.4, -0.2) is 29.3 Å². The summed E-state index contributed by atoms with van der Waals surface area (Å²) in [4.78, 5) is 17.3. The Morgan fingerprint density at radius 2 is 2.12 bits per heavy atom. The molecule has 172 valence electrons. The molecule has 1 amide bonds. The molecule has 0 radical (unpaired) electrons. The number of ether oxygens (including phenoxy) is 2. The number of furan rings is 1. The van der Waals surface area contributed by atoms with Gasteiger partial charge < -0.3 is 19.2 Å². The third kappa shape index (κ3) is 5.90. The fourth-order valence-corrected chi connectivity index (χ4v) is 4.10. The standard InChI is InChI=1S/C27H30N2O4/c1-4-8-20(16-22-12-13-25(32-22)21-10-7-14-28-17-21)26(30)29-27(2,3)33-23-15-19-9-5-6-11-24(19)31-18-23/h4-7,9-14,17,20,23H,1,8,15-16,18H2,2-3H3,(H,29,30)/t20-,23-/m0/s1. The van der Waals surface area contributed by atoms with Gasteiger partial charge in [0.25, 0.3) is 0 Å². The van der Waals surface area contributed by atoms with E-state index in [9.17, 15) is 4.79 Å². The van der Waals surface area contributed by atoms with Gasteiger partial charge in [-0.3, -0.25) is 9.78 Å². The summed E-state index contributed by atoms with van der Waals surface area (Å²) in [7, 11) is 0. The molecular weight excluding hydrogens is 416 g/mol. The molecule has 1 aromatic carbocycles. The maximum Gasteiger partial charge on any atom is 0.226 e. The molecule has 0 spiro atoms. The highest BCUT2D eigenvalue weighted by atomic mass is 16.6. The van der Waals surface area contributed by atoms with E-state index in [1.807, 2.05) is 62.4 Å². The summed E-state index contributed by atoms with van der Waals surface area (Å²) in [5.74, 6) is 1.95. The largest absolute Gasteiger partial charge is 0.491 e. The summed E-state index contributed by atoms with van der Waals surface area (Å²) in [6, 6.07) is 15.6. The maximum atomic E-state index is 13.1. The van der Waals surface area contributed by atoms with Crippen molar-refractivity contribution < 1.29 is 18.7 Å². The molecule has 0 saturated carbocycles. The third-order valence-corrected chi connectivity index (χ3v) is 5.61. The van der Waals surface area contributed by atoms with Crippen LogP contribution >= 0.6 is 0 Å². The number of carbonyl (C=O) groups excluding carboxylic acids is 1. The molecule has 1 aliphatic rings. The molecule has 4 rings (SSSR count). The second-order valence-corrected chi connectivity index (χ2v) is 8.80. The van der Waals surface area contributed by atoms with E-state index in [1.54, 1.807) is 18.5 Å². The molecule has 1 aliphatic heterocycles. The zero-order valence-corrected chi connectivity index (χ0v) is 19.1. The number of rotatable bonds is 9. The average molecular weight is 447 g/mol. The Kier molecular flexibility index (Phi) is 6.94. The summed E-state index contributed by atoms with van der Waals surface area (Å²) < 4.78 is 18.0. The van der Waals surface area contributed by atoms with Gasteiger partial charge in [0.05, 0.1) is 6.10 Å². The third-order valence-electron chi connectivity index (χ3n) is 5.61. The summed E-state index contributed by atoms with van der Waals surface area (Å²) in [6.07, 6.45) is 6.84. The van der Waals surface area contributed by atoms with Crippen LogP contribution in [0.2, 0.25) is 0 Å². The van der Waals surface area contributed by atoms with E-state index in [0.29, 0.717) is 19.4 Å². The number of hydrogen-bond acceptors (Lipinski definition) is 5. The topological polar surface area (TPSA) is 73.6 Å². The smallest absolute Gasteiger partial charge is 0.226 e. The van der Waals surface area contributed by atoms with E-state index in [0.717, 1.165) is 34.8 Å². The van der Waals surface area contributed by atoms with Gasteiger partial charge in [-0.25, -0.2) is 0 Å². The molecule has 2 atom stereocenters. The molecular formula is C27H30N2O4. The lowest BCUT2D eigenvalue weighted by molar-refractivity contribution is -0.144. The van der Waals surface area contributed by atoms with Gasteiger partial charge in [-0.05, 0) is 56.2 Å². The fraction of sp³-hybridized carbons (Fsp3) is 0.333. The Morgan fingerprint density at radius 1 is 1.27 bits per heavy atom. The van der Waals surface area contributed by atoms with Gasteiger partial charge in [0.15, 0.2) is 0 Å². The summed E-state index contributed by atoms with van der Waals surface area (Å²) in [6.45, 7) is 8.01. The van der Waals surface area contributed by atoms with Crippen LogP contribution in [0.5, 0.6) is 5.75 Å². The Hall–Kier alpha value is -3.38. The minimum absolute atomic E-state index is 0.101. The Balaban J connectivity index is 1.37. The molecule has 2 aromatic heterocycles. The quantitative estimate of drug-likeness (QED) is 0.372. The molecule has 0 bridgehead atoms. The number of fused-ring (bicyclic) bond motifs is 1. The Labute approximate surface area is 194 Å². The zero-order chi connectivity index (χ0) is 23.3. The SMILES string of the molecule is C=CC[C@@H](Cc1ccc(-c2cccnc2)o1)C(=O)NC(C)(C)O[C@@H]1COc2ccccc2C1. The number of para-hydroxylation sites is 1. The van der Waals surface area contributed by atoms with Crippen molar-refractivity contribution in [1.29, 1.82) is 0 Å². The van der Waals surface area contributed by atoms with Crippen LogP contribution < -0.4 is 10.1 Å². The van der Waals surface area contributed by atoms with E-state index in [2.05, 4.69) is 16.9 Å². The van der Waals surface area contributed by atoms with Crippen LogP contribution in [0.15, 0.2) is 78.0 Å². The molecule has 1 N–H and O–H groups in total. The molecule has 6 nitrogen and oxygen atoms in total. The number of hydrogen-bond donors (Lipinski definition) is 1. The highest BCUT2D eigenvalue weighted by Crippen LogP contribution is 2.27. The van der Waals surface area contributed by atoms with Crippen LogP contribution in [0.4, 0.5) is 0 Å². The molecule has 3 aromatic rings. The minimum Gasteiger partial charge on any atom is -0.491 e. The number of pyridine rings is 1. The number of nitrogens with zero attached hydrogens (tertiary/aromatic N) is 1. The van der Waals surface area contributed by atoms with Crippen molar-refractivity contribution in [2.75, 3.05) is 6.61 Å². The monoisotopic (exact) mass is 446 g/mol. The van der Waals surface area contributed by atoms with Gasteiger partial charge >= 0.3 is 0 Å². The van der Waals surface area contributed by atoms with Crippen LogP contribution in [0, 0.1) is 5.92 Å². The predicted molar refractivity (Wildman–Crippen MR) is 127 cm³/mol. The van der Waals surface area contributed by atoms with Gasteiger partial charge in [-0.1, -0.05) is 24.3 Å². The Morgan fingerprint density at radius 3 is 2.91 bits per heavy atom. The van der Waals surface area contributed by atoms with Gasteiger partial charge in [-0.2, -0.15) is 0 Å². The van der Waals surface area contributed by atoms with E-state index in [4.69, 9.17) is 13.9 Å². The number of amides is 1. The first-order chi connectivity index (χ1) is 15.9. The zero-order valence-electron chi connectivity index (χ0n) is 19.1. The molecule has 0 fully saturated rings. The summed E-state index contributed by atoms with van der Waals surface area (Å²) >= 11 is 0. The average Bonchev–Trinajstić information content (AvgIpc) is 3.27. The van der Waals surface area contributed by atoms with Crippen LogP contribution in [0.25, 0.3) is 11.3 Å². The van der Waals surface area contributed by atoms with Crippen molar-refractivity contribution in [3.63, 3.8) is 0 Å². The van der Waals surface area contributed by atoms with E-state index in [1.165, 1.54) is 0 Å². The normalized spacial score (nSPS) is 16.4. The van der Waals surface area contributed by atoms with Crippen molar-refractivity contribution in [3.8, 4) is 17.1 Å². The molecule has 33 heavy (non-hydrogen) atoms. The maximum absolute atomic E-state index is 13.1. The van der Waals surface area contributed by atoms with Gasteiger partial charge in [-0.15, -0.1) is 6.58 Å². The van der Waals surface area contributed by atoms with Crippen molar-refractivity contribution in [2.24, 2.45) is 5.92 Å². The number of benzene rings is 1. The van der Waals surface area contributed by atoms with Crippen molar-refractivity contribution in [1.82, 2.24) is 10.3 Å². The van der Waals surface area contributed by atoms with Crippen LogP contribution in [-0.2, 0) is 22.4 Å². The van der Waals surface area contributed by atoms with Crippen molar-refractivity contribution in [3.05, 3.63) is 84.9 Å². The molecule has 0 aliphatic carbocycles. The molecule has 0 unspecified atom stereocenters. The minimum atomic E-state index is -0.846. The highest BCUT2D eigenvalue weighted by Gasteiger charge is 2.31. The van der Waals surface area contributed by atoms with Gasteiger partial charge in [0.1, 0.15) is 29.6 Å². The number of carbonyl (C=O) groups is 1. The van der Waals surface area contributed by atoms with Crippen molar-refractivity contribution >= 4 is 5.91 Å². The second-order valence-electron chi connectivity index (χ2n) is 8.80. The first-order valence-corrected chi connectivity index (χ1v) is 11.2. The predicted octanol–water partition coefficient (Wildman–Crippen LogP) is 4.95. The first-order valence-electron chi connectivity index (χ1n) is 11.2. The van der Waals surface area contributed by atoms with Crippen molar-refractivity contribution in [2.45, 2.75) is 44.9 Å². The van der Waals surface area contributed by atoms with Gasteiger partial charge in [0.2, 0.25) is 5.91 Å². The second kappa shape index (κ2) is 10.0. The van der Waals surface area contributed by atoms with Gasteiger partial charge in [0, 0.05) is 36.7 Å². The lowest BCUT2D eigenvalue weighted by Gasteiger charge is -2.35. The lowest BCUT2D eigenvalue weighted by atomic mass is 9.98. The lowest BCUT2D eigenvalue weighted by Crippen LogP contribution is -2.51. The highest BCUT2D eigenvalue weighted by molar-refractivity contribution is 5.79. The molecule has 3 heterocycles. The number of nitrogens with one attached hydrogen (secondary N) is 1. The van der Waals surface area contributed by atoms with Crippen LogP contribution in [0.3, 0.4) is 0 Å². The summed E-state index contributed by atoms with van der Waals surface area (Å²) in [5, 5.41) is 3.06. The molecule has 6 heteroatoms. The van der Waals surface area contributed by atoms with E-state index in [-0.39, 0.29) is 17.9 Å². The summed E-state index contributed by atoms with van der Waals surface area (Å²) in [5.41, 5.74) is 1.17. The number of allylic oxidation sites excluding steroid dienone is 1. The fourth-order valence-electron chi connectivity index (χ4n) is 4.10. The first kappa shape index (κ1) is 22.8.